The van der Waals surface area contributed by atoms with Gasteiger partial charge in [-0.25, -0.2) is 0 Å². The lowest BCUT2D eigenvalue weighted by molar-refractivity contribution is -0.193. The van der Waals surface area contributed by atoms with Crippen molar-refractivity contribution in [2.75, 3.05) is 7.11 Å². The zero-order chi connectivity index (χ0) is 23.3. The summed E-state index contributed by atoms with van der Waals surface area (Å²) >= 11 is 0. The molecule has 4 saturated carbocycles. The molecule has 32 heavy (non-hydrogen) atoms. The van der Waals surface area contributed by atoms with E-state index < -0.39 is 0 Å². The molecule has 0 amide bonds. The number of hydrogen-bond donors (Lipinski definition) is 0. The second kappa shape index (κ2) is 8.76. The Kier molecular flexibility index (Phi) is 6.50. The molecule has 0 saturated heterocycles. The van der Waals surface area contributed by atoms with E-state index in [4.69, 9.17) is 9.47 Å². The monoisotopic (exact) mass is 446 g/mol. The number of rotatable bonds is 5. The smallest absolute Gasteiger partial charge is 0.305 e. The predicted octanol–water partition coefficient (Wildman–Crippen LogP) is 5.35. The van der Waals surface area contributed by atoms with Crippen LogP contribution in [-0.4, -0.2) is 30.9 Å². The minimum absolute atomic E-state index is 0.0456. The van der Waals surface area contributed by atoms with Crippen LogP contribution in [0, 0.1) is 46.3 Å². The Labute approximate surface area is 193 Å². The summed E-state index contributed by atoms with van der Waals surface area (Å²) in [5.74, 6) is 3.16. The molecule has 0 radical (unpaired) electrons. The lowest BCUT2D eigenvalue weighted by Crippen LogP contribution is -2.59. The fourth-order valence-corrected chi connectivity index (χ4v) is 8.97. The van der Waals surface area contributed by atoms with Crippen molar-refractivity contribution < 1.29 is 23.9 Å². The van der Waals surface area contributed by atoms with Crippen LogP contribution in [0.3, 0.4) is 0 Å². The van der Waals surface area contributed by atoms with E-state index in [0.717, 1.165) is 38.5 Å². The molecule has 0 unspecified atom stereocenters. The van der Waals surface area contributed by atoms with Crippen molar-refractivity contribution in [3.8, 4) is 0 Å². The van der Waals surface area contributed by atoms with E-state index in [1.54, 1.807) is 6.92 Å². The van der Waals surface area contributed by atoms with Gasteiger partial charge in [-0.2, -0.15) is 0 Å². The third-order valence-corrected chi connectivity index (χ3v) is 10.7. The first-order valence-corrected chi connectivity index (χ1v) is 12.9. The second-order valence-electron chi connectivity index (χ2n) is 11.9. The van der Waals surface area contributed by atoms with Crippen LogP contribution in [0.25, 0.3) is 0 Å². The number of carbonyl (C=O) groups is 3. The average Bonchev–Trinajstić information content (AvgIpc) is 3.11. The highest BCUT2D eigenvalue weighted by Crippen LogP contribution is 2.68. The van der Waals surface area contributed by atoms with Gasteiger partial charge in [0.25, 0.3) is 0 Å². The Bertz CT molecular complexity index is 761. The molecular formula is C27H42O5. The van der Waals surface area contributed by atoms with Crippen molar-refractivity contribution in [2.45, 2.75) is 98.0 Å². The minimum Gasteiger partial charge on any atom is -0.469 e. The summed E-state index contributed by atoms with van der Waals surface area (Å²) < 4.78 is 11.0. The van der Waals surface area contributed by atoms with Gasteiger partial charge in [0.05, 0.1) is 7.11 Å². The molecule has 4 aliphatic rings. The molecule has 0 spiro atoms. The number of ether oxygens (including phenoxy) is 2. The van der Waals surface area contributed by atoms with Gasteiger partial charge in [0.15, 0.2) is 0 Å². The van der Waals surface area contributed by atoms with Gasteiger partial charge >= 0.3 is 11.9 Å². The maximum absolute atomic E-state index is 12.2. The molecule has 4 aliphatic carbocycles. The van der Waals surface area contributed by atoms with E-state index in [9.17, 15) is 14.4 Å². The van der Waals surface area contributed by atoms with Gasteiger partial charge in [-0.1, -0.05) is 20.8 Å². The average molecular weight is 447 g/mol. The van der Waals surface area contributed by atoms with E-state index in [1.807, 2.05) is 0 Å². The maximum atomic E-state index is 12.2. The zero-order valence-electron chi connectivity index (χ0n) is 20.7. The summed E-state index contributed by atoms with van der Waals surface area (Å²) in [5, 5.41) is 0. The van der Waals surface area contributed by atoms with Gasteiger partial charge in [0.1, 0.15) is 11.9 Å². The van der Waals surface area contributed by atoms with Crippen molar-refractivity contribution in [3.05, 3.63) is 0 Å². The van der Waals surface area contributed by atoms with Gasteiger partial charge in [0, 0.05) is 31.6 Å². The Balaban J connectivity index is 1.62. The third-order valence-electron chi connectivity index (χ3n) is 10.7. The number of ketones is 1. The lowest BCUT2D eigenvalue weighted by atomic mass is 9.43. The molecule has 0 aromatic heterocycles. The lowest BCUT2D eigenvalue weighted by Gasteiger charge is -2.62. The van der Waals surface area contributed by atoms with Crippen molar-refractivity contribution in [1.29, 1.82) is 0 Å². The second-order valence-corrected chi connectivity index (χ2v) is 11.9. The SMILES string of the molecule is COC(=O)CC[C@H](C)[C@@H]1CC[C@@H]2[C@H]3CC[C@H]4CC(=O)CC[C@]4(C)[C@@H]3C[C@@H](OC(C)=O)[C@@]21C. The minimum atomic E-state index is -0.183. The first-order chi connectivity index (χ1) is 15.1. The summed E-state index contributed by atoms with van der Waals surface area (Å²) in [6.07, 6.45) is 9.27. The maximum Gasteiger partial charge on any atom is 0.305 e. The van der Waals surface area contributed by atoms with E-state index in [1.165, 1.54) is 20.0 Å². The van der Waals surface area contributed by atoms with Gasteiger partial charge < -0.3 is 9.47 Å². The first kappa shape index (κ1) is 23.8. The molecule has 0 N–H and O–H groups in total. The third kappa shape index (κ3) is 3.81. The van der Waals surface area contributed by atoms with Crippen molar-refractivity contribution >= 4 is 17.7 Å². The number of esters is 2. The van der Waals surface area contributed by atoms with Crippen LogP contribution >= 0.6 is 0 Å². The van der Waals surface area contributed by atoms with Crippen molar-refractivity contribution in [2.24, 2.45) is 46.3 Å². The largest absolute Gasteiger partial charge is 0.469 e. The molecule has 5 heteroatoms. The molecule has 0 aliphatic heterocycles. The Hall–Kier alpha value is -1.39. The normalized spacial score (nSPS) is 44.1. The molecule has 9 atom stereocenters. The molecule has 5 nitrogen and oxygen atoms in total. The molecule has 0 heterocycles. The molecule has 0 bridgehead atoms. The molecule has 4 fully saturated rings. The highest BCUT2D eigenvalue weighted by atomic mass is 16.5. The highest BCUT2D eigenvalue weighted by molar-refractivity contribution is 5.79. The van der Waals surface area contributed by atoms with Crippen LogP contribution in [0.2, 0.25) is 0 Å². The van der Waals surface area contributed by atoms with Crippen LogP contribution in [0.15, 0.2) is 0 Å². The van der Waals surface area contributed by atoms with Crippen LogP contribution < -0.4 is 0 Å². The standard InChI is InChI=1S/C27H42O5/c1-16(6-11-25(30)31-5)21-9-10-22-20-8-7-18-14-19(29)12-13-26(18,3)23(20)15-24(27(21,22)4)32-17(2)28/h16,18,20-24H,6-15H2,1-5H3/t16-,18-,20+,21-,22+,23+,24+,26-,27+/m0/s1. The molecule has 4 rings (SSSR count). The first-order valence-electron chi connectivity index (χ1n) is 12.9. The van der Waals surface area contributed by atoms with Gasteiger partial charge in [-0.05, 0) is 85.9 Å². The van der Waals surface area contributed by atoms with Crippen LogP contribution in [0.4, 0.5) is 0 Å². The fraction of sp³-hybridized carbons (Fsp3) is 0.889. The Morgan fingerprint density at radius 1 is 1.12 bits per heavy atom. The Morgan fingerprint density at radius 3 is 2.56 bits per heavy atom. The van der Waals surface area contributed by atoms with Crippen molar-refractivity contribution in [1.82, 2.24) is 0 Å². The number of carbonyl (C=O) groups excluding carboxylic acids is 3. The fourth-order valence-electron chi connectivity index (χ4n) is 8.97. The summed E-state index contributed by atoms with van der Waals surface area (Å²) in [6, 6.07) is 0. The van der Waals surface area contributed by atoms with Crippen LogP contribution in [0.5, 0.6) is 0 Å². The summed E-state index contributed by atoms with van der Waals surface area (Å²) in [5.41, 5.74) is 0.140. The number of Topliss-reactive ketones (excluding diaryl/α,β-unsaturated/α-hetero) is 1. The topological polar surface area (TPSA) is 69.7 Å². The number of methoxy groups -OCH3 is 1. The number of fused-ring (bicyclic) bond motifs is 5. The highest BCUT2D eigenvalue weighted by Gasteiger charge is 2.64. The van der Waals surface area contributed by atoms with Crippen molar-refractivity contribution in [3.63, 3.8) is 0 Å². The molecule has 0 aromatic carbocycles. The summed E-state index contributed by atoms with van der Waals surface area (Å²) in [4.78, 5) is 36.2. The zero-order valence-corrected chi connectivity index (χ0v) is 20.7. The summed E-state index contributed by atoms with van der Waals surface area (Å²) in [7, 11) is 1.45. The van der Waals surface area contributed by atoms with E-state index >= 15 is 0 Å². The molecular weight excluding hydrogens is 404 g/mol. The van der Waals surface area contributed by atoms with E-state index in [0.29, 0.717) is 54.1 Å². The molecule has 180 valence electrons. The van der Waals surface area contributed by atoms with E-state index in [2.05, 4.69) is 20.8 Å². The van der Waals surface area contributed by atoms with Crippen LogP contribution in [0.1, 0.15) is 91.9 Å². The number of hydrogen-bond acceptors (Lipinski definition) is 5. The van der Waals surface area contributed by atoms with E-state index in [-0.39, 0.29) is 28.9 Å². The summed E-state index contributed by atoms with van der Waals surface area (Å²) in [6.45, 7) is 8.62. The molecule has 0 aromatic rings. The van der Waals surface area contributed by atoms with Gasteiger partial charge in [-0.3, -0.25) is 14.4 Å². The van der Waals surface area contributed by atoms with Gasteiger partial charge in [-0.15, -0.1) is 0 Å². The van der Waals surface area contributed by atoms with Gasteiger partial charge in [0.2, 0.25) is 0 Å². The quantitative estimate of drug-likeness (QED) is 0.533. The Morgan fingerprint density at radius 2 is 1.88 bits per heavy atom. The predicted molar refractivity (Wildman–Crippen MR) is 122 cm³/mol. The van der Waals surface area contributed by atoms with Crippen LogP contribution in [-0.2, 0) is 23.9 Å².